The van der Waals surface area contributed by atoms with Gasteiger partial charge in [0.05, 0.1) is 50.9 Å². The molecule has 1 atom stereocenters. The topological polar surface area (TPSA) is 76.8 Å². The van der Waals surface area contributed by atoms with Gasteiger partial charge in [-0.3, -0.25) is 5.41 Å². The molecule has 0 amide bonds. The predicted octanol–water partition coefficient (Wildman–Crippen LogP) is 1.30. The highest BCUT2D eigenvalue weighted by Gasteiger charge is 2.16. The lowest BCUT2D eigenvalue weighted by molar-refractivity contribution is -0.897. The van der Waals surface area contributed by atoms with Crippen molar-refractivity contribution in [1.29, 1.82) is 5.41 Å². The Morgan fingerprint density at radius 2 is 1.57 bits per heavy atom. The van der Waals surface area contributed by atoms with Gasteiger partial charge in [-0.1, -0.05) is 24.3 Å². The Balaban J connectivity index is 1.77. The smallest absolute Gasteiger partial charge is 0.203 e. The van der Waals surface area contributed by atoms with Crippen LogP contribution in [-0.2, 0) is 13.1 Å². The molecule has 0 aliphatic carbocycles. The Bertz CT molecular complexity index is 1010. The molecular formula is C23H33N4O3+. The van der Waals surface area contributed by atoms with Crippen molar-refractivity contribution in [2.45, 2.75) is 33.0 Å². The molecule has 3 rings (SSSR count). The summed E-state index contributed by atoms with van der Waals surface area (Å²) in [6, 6.07) is 15.4. The summed E-state index contributed by atoms with van der Waals surface area (Å²) >= 11 is 0. The van der Waals surface area contributed by atoms with Crippen molar-refractivity contribution in [2.75, 3.05) is 33.4 Å². The zero-order valence-electron chi connectivity index (χ0n) is 18.1. The van der Waals surface area contributed by atoms with Crippen LogP contribution in [0.1, 0.15) is 13.8 Å². The standard InChI is InChI=1S/C23H32N4O3/c1-4-25(5-2)14-15-26-19-10-6-7-11-20(19)27(23(26)24)16-18(28)17-30-22-13-9-8-12-21(22)29-3/h6-13,18,24,28H,4-5,14-17H2,1-3H3/p+1. The molecule has 0 saturated carbocycles. The van der Waals surface area contributed by atoms with E-state index in [1.165, 1.54) is 4.90 Å². The van der Waals surface area contributed by atoms with Crippen molar-refractivity contribution in [3.05, 3.63) is 54.1 Å². The second-order valence-electron chi connectivity index (χ2n) is 7.40. The first-order chi connectivity index (χ1) is 14.6. The molecule has 0 saturated heterocycles. The number of aliphatic hydroxyl groups excluding tert-OH is 1. The molecular weight excluding hydrogens is 380 g/mol. The van der Waals surface area contributed by atoms with Gasteiger partial charge in [0.25, 0.3) is 0 Å². The van der Waals surface area contributed by atoms with Gasteiger partial charge >= 0.3 is 0 Å². The molecule has 0 bridgehead atoms. The lowest BCUT2D eigenvalue weighted by atomic mass is 10.3. The molecule has 0 aliphatic rings. The van der Waals surface area contributed by atoms with E-state index in [-0.39, 0.29) is 6.61 Å². The Morgan fingerprint density at radius 3 is 2.20 bits per heavy atom. The largest absolute Gasteiger partial charge is 0.493 e. The lowest BCUT2D eigenvalue weighted by Crippen LogP contribution is -3.11. The fraction of sp³-hybridized carbons (Fsp3) is 0.435. The summed E-state index contributed by atoms with van der Waals surface area (Å²) in [5.41, 5.74) is 2.37. The SMILES string of the molecule is CC[NH+](CC)CCn1c(=N)n(CC(O)COc2ccccc2OC)c2ccccc21. The van der Waals surface area contributed by atoms with E-state index in [2.05, 4.69) is 13.8 Å². The molecule has 1 unspecified atom stereocenters. The lowest BCUT2D eigenvalue weighted by Gasteiger charge is -2.16. The molecule has 0 aliphatic heterocycles. The number of hydrogen-bond acceptors (Lipinski definition) is 4. The first-order valence-corrected chi connectivity index (χ1v) is 10.6. The molecule has 0 spiro atoms. The summed E-state index contributed by atoms with van der Waals surface area (Å²) in [5.74, 6) is 1.23. The number of ether oxygens (including phenoxy) is 2. The first kappa shape index (κ1) is 21.9. The van der Waals surface area contributed by atoms with Gasteiger partial charge in [-0.25, -0.2) is 0 Å². The normalized spacial score (nSPS) is 12.4. The summed E-state index contributed by atoms with van der Waals surface area (Å²) in [7, 11) is 1.59. The molecule has 2 aromatic carbocycles. The molecule has 1 aromatic heterocycles. The Kier molecular flexibility index (Phi) is 7.54. The third-order valence-corrected chi connectivity index (χ3v) is 5.56. The Labute approximate surface area is 177 Å². The van der Waals surface area contributed by atoms with Crippen LogP contribution in [0.4, 0.5) is 0 Å². The minimum atomic E-state index is -0.753. The molecule has 162 valence electrons. The van der Waals surface area contributed by atoms with Gasteiger partial charge in [0.2, 0.25) is 5.62 Å². The zero-order chi connectivity index (χ0) is 21.5. The van der Waals surface area contributed by atoms with Crippen LogP contribution in [0.2, 0.25) is 0 Å². The summed E-state index contributed by atoms with van der Waals surface area (Å²) < 4.78 is 15.0. The van der Waals surface area contributed by atoms with E-state index in [0.717, 1.165) is 37.2 Å². The number of nitrogens with one attached hydrogen (secondary N) is 2. The fourth-order valence-corrected chi connectivity index (χ4v) is 3.77. The number of rotatable bonds is 11. The van der Waals surface area contributed by atoms with Crippen LogP contribution in [0, 0.1) is 5.41 Å². The average Bonchev–Trinajstić information content (AvgIpc) is 3.04. The Hall–Kier alpha value is -2.77. The summed E-state index contributed by atoms with van der Waals surface area (Å²) in [4.78, 5) is 1.50. The number of methoxy groups -OCH3 is 1. The minimum absolute atomic E-state index is 0.121. The van der Waals surface area contributed by atoms with Crippen molar-refractivity contribution >= 4 is 11.0 Å². The zero-order valence-corrected chi connectivity index (χ0v) is 18.1. The van der Waals surface area contributed by atoms with E-state index in [0.29, 0.717) is 23.7 Å². The molecule has 1 heterocycles. The second kappa shape index (κ2) is 10.3. The van der Waals surface area contributed by atoms with Crippen LogP contribution in [0.15, 0.2) is 48.5 Å². The third kappa shape index (κ3) is 4.86. The number of aliphatic hydroxyl groups is 1. The number of fused-ring (bicyclic) bond motifs is 1. The van der Waals surface area contributed by atoms with Crippen LogP contribution >= 0.6 is 0 Å². The summed E-state index contributed by atoms with van der Waals surface area (Å²) in [6.07, 6.45) is -0.753. The number of aromatic nitrogens is 2. The van der Waals surface area contributed by atoms with Gasteiger partial charge in [0, 0.05) is 0 Å². The highest BCUT2D eigenvalue weighted by atomic mass is 16.5. The van der Waals surface area contributed by atoms with Crippen LogP contribution in [0.25, 0.3) is 11.0 Å². The van der Waals surface area contributed by atoms with Crippen molar-refractivity contribution in [1.82, 2.24) is 9.13 Å². The molecule has 7 heteroatoms. The van der Waals surface area contributed by atoms with Gasteiger partial charge in [0.1, 0.15) is 12.7 Å². The second-order valence-corrected chi connectivity index (χ2v) is 7.40. The number of quaternary nitrogens is 1. The van der Waals surface area contributed by atoms with Crippen LogP contribution in [0.5, 0.6) is 11.5 Å². The van der Waals surface area contributed by atoms with Crippen molar-refractivity contribution in [3.8, 4) is 11.5 Å². The highest BCUT2D eigenvalue weighted by Crippen LogP contribution is 2.25. The van der Waals surface area contributed by atoms with E-state index in [1.807, 2.05) is 57.7 Å². The summed E-state index contributed by atoms with van der Waals surface area (Å²) in [6.45, 7) is 8.67. The number of para-hydroxylation sites is 4. The molecule has 3 N–H and O–H groups in total. The van der Waals surface area contributed by atoms with E-state index in [1.54, 1.807) is 7.11 Å². The van der Waals surface area contributed by atoms with Gasteiger partial charge in [0.15, 0.2) is 11.5 Å². The minimum Gasteiger partial charge on any atom is -0.493 e. The number of likely N-dealkylation sites (N-methyl/N-ethyl adjacent to an activating group) is 1. The number of nitrogens with zero attached hydrogens (tertiary/aromatic N) is 2. The van der Waals surface area contributed by atoms with Gasteiger partial charge in [-0.2, -0.15) is 0 Å². The van der Waals surface area contributed by atoms with Crippen molar-refractivity contribution in [2.24, 2.45) is 0 Å². The van der Waals surface area contributed by atoms with Crippen molar-refractivity contribution < 1.29 is 19.5 Å². The first-order valence-electron chi connectivity index (χ1n) is 10.6. The maximum atomic E-state index is 10.6. The fourth-order valence-electron chi connectivity index (χ4n) is 3.77. The average molecular weight is 414 g/mol. The molecule has 30 heavy (non-hydrogen) atoms. The number of imidazole rings is 1. The molecule has 3 aromatic rings. The van der Waals surface area contributed by atoms with Crippen LogP contribution in [0.3, 0.4) is 0 Å². The van der Waals surface area contributed by atoms with Crippen molar-refractivity contribution in [3.63, 3.8) is 0 Å². The van der Waals surface area contributed by atoms with Gasteiger partial charge in [-0.05, 0) is 38.1 Å². The number of benzene rings is 2. The van der Waals surface area contributed by atoms with E-state index < -0.39 is 6.10 Å². The quantitative estimate of drug-likeness (QED) is 0.443. The monoisotopic (exact) mass is 413 g/mol. The molecule has 7 nitrogen and oxygen atoms in total. The van der Waals surface area contributed by atoms with Gasteiger partial charge in [-0.15, -0.1) is 0 Å². The van der Waals surface area contributed by atoms with E-state index >= 15 is 0 Å². The predicted molar refractivity (Wildman–Crippen MR) is 117 cm³/mol. The summed E-state index contributed by atoms with van der Waals surface area (Å²) in [5, 5.41) is 19.4. The van der Waals surface area contributed by atoms with E-state index in [9.17, 15) is 5.11 Å². The van der Waals surface area contributed by atoms with Gasteiger partial charge < -0.3 is 28.6 Å². The highest BCUT2D eigenvalue weighted by molar-refractivity contribution is 5.75. The van der Waals surface area contributed by atoms with Crippen LogP contribution in [-0.4, -0.2) is 53.7 Å². The third-order valence-electron chi connectivity index (χ3n) is 5.56. The molecule has 0 fully saturated rings. The maximum absolute atomic E-state index is 10.6. The molecule has 0 radical (unpaired) electrons. The Morgan fingerprint density at radius 1 is 0.967 bits per heavy atom. The van der Waals surface area contributed by atoms with Crippen LogP contribution < -0.4 is 20.0 Å². The number of hydrogen-bond donors (Lipinski definition) is 3. The van der Waals surface area contributed by atoms with E-state index in [4.69, 9.17) is 14.9 Å². The maximum Gasteiger partial charge on any atom is 0.203 e.